The Morgan fingerprint density at radius 2 is 1.90 bits per heavy atom. The van der Waals surface area contributed by atoms with Crippen LogP contribution < -0.4 is 0 Å². The maximum atomic E-state index is 9.08. The average molecular weight is 567 g/mol. The highest BCUT2D eigenvalue weighted by molar-refractivity contribution is 7.38. The maximum Gasteiger partial charge on any atom is 0.0979 e. The van der Waals surface area contributed by atoms with Crippen LogP contribution in [0.4, 0.5) is 0 Å². The van der Waals surface area contributed by atoms with Crippen LogP contribution in [-0.2, 0) is 4.74 Å². The molecule has 0 aromatic rings. The van der Waals surface area contributed by atoms with Crippen LogP contribution in [0.2, 0.25) is 0 Å². The first-order valence-electron chi connectivity index (χ1n) is 17.0. The zero-order valence-electron chi connectivity index (χ0n) is 26.8. The van der Waals surface area contributed by atoms with Crippen molar-refractivity contribution in [2.75, 3.05) is 6.16 Å². The number of hydrogen-bond acceptors (Lipinski definition) is 2. The monoisotopic (exact) mass is 566 g/mol. The molecule has 40 heavy (non-hydrogen) atoms. The van der Waals surface area contributed by atoms with Crippen molar-refractivity contribution in [2.45, 2.75) is 136 Å². The molecule has 0 aromatic heterocycles. The Morgan fingerprint density at radius 3 is 2.58 bits per heavy atom. The number of rotatable bonds is 4. The quantitative estimate of drug-likeness (QED) is 0.209. The Morgan fingerprint density at radius 1 is 1.12 bits per heavy atom. The molecular formula is C37H59O2P. The van der Waals surface area contributed by atoms with Gasteiger partial charge in [0.05, 0.1) is 17.3 Å². The van der Waals surface area contributed by atoms with Crippen LogP contribution in [0.1, 0.15) is 113 Å². The Balaban J connectivity index is 0.000000313. The summed E-state index contributed by atoms with van der Waals surface area (Å²) in [6.45, 7) is 21.0. The standard InChI is InChI=1S/C31H46O.C6H13OP/c1-20(2)9-8-10-21(3)23-12-13-24-25-15-16-30-26(14-11-22(4)27(30,5)6)31(32-30)19-29(25,31)18-17-28(23,24)7;1-5-4-6(7)2-3-8-5/h8-9,15-16,21-26H,1,10-14,17-19H2,2-7H3;5-8H,2-4H2,1H3/b9-8+;. The Labute approximate surface area is 248 Å². The predicted molar refractivity (Wildman–Crippen MR) is 171 cm³/mol. The minimum absolute atomic E-state index is 0.0144. The lowest BCUT2D eigenvalue weighted by molar-refractivity contribution is -0.336. The molecule has 3 heterocycles. The van der Waals surface area contributed by atoms with Crippen molar-refractivity contribution in [1.82, 2.24) is 0 Å². The minimum Gasteiger partial charge on any atom is -0.393 e. The van der Waals surface area contributed by atoms with Gasteiger partial charge in [-0.3, -0.25) is 0 Å². The molecule has 1 N–H and O–H groups in total. The molecule has 2 bridgehead atoms. The molecule has 0 amide bonds. The van der Waals surface area contributed by atoms with Crippen molar-refractivity contribution in [3.63, 3.8) is 0 Å². The second-order valence-corrected chi connectivity index (χ2v) is 18.4. The van der Waals surface area contributed by atoms with E-state index in [0.717, 1.165) is 62.6 Å². The number of hydrogen-bond donors (Lipinski definition) is 1. The second-order valence-electron chi connectivity index (χ2n) is 16.5. The fourth-order valence-corrected chi connectivity index (χ4v) is 13.0. The summed E-state index contributed by atoms with van der Waals surface area (Å²) in [4.78, 5) is 0. The van der Waals surface area contributed by atoms with Crippen LogP contribution in [0.15, 0.2) is 36.5 Å². The van der Waals surface area contributed by atoms with Crippen LogP contribution in [0.5, 0.6) is 0 Å². The third-order valence-electron chi connectivity index (χ3n) is 14.3. The zero-order valence-corrected chi connectivity index (χ0v) is 27.8. The van der Waals surface area contributed by atoms with Crippen LogP contribution >= 0.6 is 8.58 Å². The van der Waals surface area contributed by atoms with Crippen molar-refractivity contribution in [1.29, 1.82) is 0 Å². The van der Waals surface area contributed by atoms with Crippen molar-refractivity contribution in [2.24, 2.45) is 51.8 Å². The van der Waals surface area contributed by atoms with Gasteiger partial charge in [0, 0.05) is 16.7 Å². The molecule has 224 valence electrons. The van der Waals surface area contributed by atoms with Crippen LogP contribution in [0.25, 0.3) is 0 Å². The van der Waals surface area contributed by atoms with E-state index in [-0.39, 0.29) is 22.7 Å². The molecule has 6 fully saturated rings. The minimum atomic E-state index is 0.0144. The predicted octanol–water partition coefficient (Wildman–Crippen LogP) is 9.34. The van der Waals surface area contributed by atoms with Gasteiger partial charge in [0.25, 0.3) is 0 Å². The van der Waals surface area contributed by atoms with E-state index in [4.69, 9.17) is 9.84 Å². The molecule has 5 aliphatic carbocycles. The Bertz CT molecular complexity index is 1050. The SMILES string of the molecule is C=C(C)/C=C/CC(C)C1CCC2C3C=CC45OC6(CC36CCC12C)C4CCC(C)C5(C)C.CC1CC(O)CCP1. The number of allylic oxidation sites excluding steroid dienone is 4. The van der Waals surface area contributed by atoms with Gasteiger partial charge in [0.15, 0.2) is 0 Å². The lowest BCUT2D eigenvalue weighted by Crippen LogP contribution is -2.72. The number of aliphatic hydroxyl groups excluding tert-OH is 1. The first-order chi connectivity index (χ1) is 18.8. The molecule has 8 aliphatic rings. The lowest BCUT2D eigenvalue weighted by atomic mass is 9.49. The summed E-state index contributed by atoms with van der Waals surface area (Å²) in [5.41, 5.74) is 3.42. The molecule has 3 heteroatoms. The molecular weight excluding hydrogens is 507 g/mol. The summed E-state index contributed by atoms with van der Waals surface area (Å²) >= 11 is 0. The molecule has 0 aromatic carbocycles. The van der Waals surface area contributed by atoms with Gasteiger partial charge >= 0.3 is 0 Å². The molecule has 13 atom stereocenters. The zero-order chi connectivity index (χ0) is 28.7. The molecule has 0 radical (unpaired) electrons. The topological polar surface area (TPSA) is 29.5 Å². The third kappa shape index (κ3) is 4.11. The Hall–Kier alpha value is -0.430. The van der Waals surface area contributed by atoms with E-state index in [2.05, 4.69) is 79.3 Å². The first kappa shape index (κ1) is 29.6. The van der Waals surface area contributed by atoms with Gasteiger partial charge in [0.1, 0.15) is 0 Å². The van der Waals surface area contributed by atoms with Gasteiger partial charge in [-0.1, -0.05) is 78.0 Å². The van der Waals surface area contributed by atoms with Gasteiger partial charge < -0.3 is 9.84 Å². The van der Waals surface area contributed by atoms with E-state index in [1.165, 1.54) is 63.1 Å². The van der Waals surface area contributed by atoms with E-state index >= 15 is 0 Å². The van der Waals surface area contributed by atoms with Crippen molar-refractivity contribution < 1.29 is 9.84 Å². The van der Waals surface area contributed by atoms with E-state index in [9.17, 15) is 0 Å². The highest BCUT2D eigenvalue weighted by Gasteiger charge is 2.88. The number of ether oxygens (including phenoxy) is 1. The van der Waals surface area contributed by atoms with E-state index in [0.29, 0.717) is 10.8 Å². The van der Waals surface area contributed by atoms with Gasteiger partial charge in [0.2, 0.25) is 0 Å². The van der Waals surface area contributed by atoms with Crippen molar-refractivity contribution >= 4 is 8.58 Å². The summed E-state index contributed by atoms with van der Waals surface area (Å²) < 4.78 is 7.23. The van der Waals surface area contributed by atoms with Gasteiger partial charge in [-0.15, -0.1) is 8.58 Å². The Kier molecular flexibility index (Phi) is 7.45. The highest BCUT2D eigenvalue weighted by atomic mass is 31.1. The average Bonchev–Trinajstić information content (AvgIpc) is 3.46. The summed E-state index contributed by atoms with van der Waals surface area (Å²) in [6, 6.07) is 0. The lowest BCUT2D eigenvalue weighted by Gasteiger charge is -2.67. The maximum absolute atomic E-state index is 9.08. The fourth-order valence-electron chi connectivity index (χ4n) is 11.6. The molecule has 13 unspecified atom stereocenters. The van der Waals surface area contributed by atoms with Gasteiger partial charge in [-0.05, 0) is 118 Å². The summed E-state index contributed by atoms with van der Waals surface area (Å²) in [7, 11) is 1.10. The van der Waals surface area contributed by atoms with E-state index < -0.39 is 0 Å². The molecule has 2 nitrogen and oxygen atoms in total. The van der Waals surface area contributed by atoms with Gasteiger partial charge in [-0.25, -0.2) is 0 Å². The van der Waals surface area contributed by atoms with Gasteiger partial charge in [-0.2, -0.15) is 0 Å². The molecule has 3 spiro atoms. The first-order valence-corrected chi connectivity index (χ1v) is 18.2. The molecule has 8 rings (SSSR count). The van der Waals surface area contributed by atoms with Crippen molar-refractivity contribution in [3.8, 4) is 0 Å². The van der Waals surface area contributed by atoms with E-state index in [1.807, 2.05) is 0 Å². The highest BCUT2D eigenvalue weighted by Crippen LogP contribution is 2.86. The van der Waals surface area contributed by atoms with Crippen molar-refractivity contribution in [3.05, 3.63) is 36.5 Å². The largest absolute Gasteiger partial charge is 0.393 e. The molecule has 2 saturated heterocycles. The van der Waals surface area contributed by atoms with Crippen LogP contribution in [-0.4, -0.2) is 34.2 Å². The van der Waals surface area contributed by atoms with Crippen LogP contribution in [0.3, 0.4) is 0 Å². The fraction of sp³-hybridized carbons (Fsp3) is 0.838. The van der Waals surface area contributed by atoms with E-state index in [1.54, 1.807) is 0 Å². The normalized spacial score (nSPS) is 52.6. The second kappa shape index (κ2) is 10.1. The third-order valence-corrected chi connectivity index (χ3v) is 15.8. The molecule has 3 aliphatic heterocycles. The summed E-state index contributed by atoms with van der Waals surface area (Å²) in [6.07, 6.45) is 24.4. The smallest absolute Gasteiger partial charge is 0.0979 e. The number of aliphatic hydroxyl groups is 1. The summed E-state index contributed by atoms with van der Waals surface area (Å²) in [5, 5.41) is 9.08. The summed E-state index contributed by atoms with van der Waals surface area (Å²) in [5.74, 6) is 4.74. The number of fused-ring (bicyclic) bond motifs is 1. The molecule has 4 saturated carbocycles. The van der Waals surface area contributed by atoms with Crippen LogP contribution in [0, 0.1) is 51.8 Å².